The monoisotopic (exact) mass is 444 g/mol. The van der Waals surface area contributed by atoms with Crippen molar-refractivity contribution in [3.05, 3.63) is 52.6 Å². The van der Waals surface area contributed by atoms with Crippen LogP contribution in [-0.4, -0.2) is 26.2 Å². The molecule has 0 atom stereocenters. The molecule has 6 nitrogen and oxygen atoms in total. The number of halogens is 1. The second-order valence-electron chi connectivity index (χ2n) is 5.35. The average molecular weight is 444 g/mol. The number of aryl methyl sites for hydroxylation is 1. The molecule has 1 aromatic heterocycles. The molecule has 0 unspecified atom stereocenters. The minimum Gasteiger partial charge on any atom is -1.00 e. The maximum Gasteiger partial charge on any atom is 0.336 e. The Morgan fingerprint density at radius 3 is 1.96 bits per heavy atom. The molecule has 1 N–H and O–H groups in total. The van der Waals surface area contributed by atoms with Crippen molar-refractivity contribution in [3.63, 3.8) is 0 Å². The summed E-state index contributed by atoms with van der Waals surface area (Å²) in [7, 11) is 4.52. The molecule has 0 aromatic carbocycles. The summed E-state index contributed by atoms with van der Waals surface area (Å²) in [5, 5.41) is 3.08. The summed E-state index contributed by atoms with van der Waals surface area (Å²) >= 11 is 0. The van der Waals surface area contributed by atoms with Gasteiger partial charge in [0, 0.05) is 23.5 Å². The summed E-state index contributed by atoms with van der Waals surface area (Å²) in [6.07, 6.45) is 1.87. The molecule has 0 saturated carbocycles. The first-order valence-electron chi connectivity index (χ1n) is 7.22. The van der Waals surface area contributed by atoms with E-state index in [1.54, 1.807) is 13.8 Å². The SMILES string of the molecule is COC(=O)C1=C(C)NC(C)=C(C(=O)OC)C1c1cccc[n+]1C.[I-]. The summed E-state index contributed by atoms with van der Waals surface area (Å²) in [4.78, 5) is 24.7. The van der Waals surface area contributed by atoms with Crippen LogP contribution >= 0.6 is 0 Å². The van der Waals surface area contributed by atoms with Gasteiger partial charge >= 0.3 is 11.9 Å². The van der Waals surface area contributed by atoms with Gasteiger partial charge in [-0.25, -0.2) is 14.2 Å². The summed E-state index contributed by atoms with van der Waals surface area (Å²) in [5.41, 5.74) is 2.93. The minimum atomic E-state index is -0.553. The first kappa shape index (κ1) is 20.1. The highest BCUT2D eigenvalue weighted by molar-refractivity contribution is 5.99. The van der Waals surface area contributed by atoms with Gasteiger partial charge in [-0.1, -0.05) is 6.07 Å². The largest absolute Gasteiger partial charge is 1.00 e. The number of aromatic nitrogens is 1. The Labute approximate surface area is 158 Å². The lowest BCUT2D eigenvalue weighted by atomic mass is 9.82. The molecule has 1 aromatic rings. The van der Waals surface area contributed by atoms with Gasteiger partial charge in [0.1, 0.15) is 13.0 Å². The van der Waals surface area contributed by atoms with Gasteiger partial charge in [-0.15, -0.1) is 0 Å². The van der Waals surface area contributed by atoms with Gasteiger partial charge < -0.3 is 38.8 Å². The number of methoxy groups -OCH3 is 2. The van der Waals surface area contributed by atoms with Crippen LogP contribution in [0.15, 0.2) is 46.9 Å². The highest BCUT2D eigenvalue weighted by atomic mass is 127. The number of nitrogens with zero attached hydrogens (tertiary/aromatic N) is 1. The third-order valence-electron chi connectivity index (χ3n) is 3.96. The maximum atomic E-state index is 12.3. The molecule has 0 radical (unpaired) electrons. The third kappa shape index (κ3) is 3.61. The van der Waals surface area contributed by atoms with Gasteiger partial charge in [0.05, 0.1) is 25.4 Å². The van der Waals surface area contributed by atoms with E-state index in [1.807, 2.05) is 36.0 Å². The first-order valence-corrected chi connectivity index (χ1v) is 7.22. The number of rotatable bonds is 3. The Bertz CT molecular complexity index is 687. The van der Waals surface area contributed by atoms with Crippen molar-refractivity contribution in [2.45, 2.75) is 19.8 Å². The van der Waals surface area contributed by atoms with E-state index in [2.05, 4.69) is 5.32 Å². The molecule has 0 spiro atoms. The van der Waals surface area contributed by atoms with Crippen molar-refractivity contribution < 1.29 is 47.6 Å². The second kappa shape index (κ2) is 8.27. The highest BCUT2D eigenvalue weighted by Gasteiger charge is 2.41. The molecule has 0 fully saturated rings. The molecule has 130 valence electrons. The van der Waals surface area contributed by atoms with E-state index in [9.17, 15) is 9.59 Å². The number of carbonyl (C=O) groups is 2. The number of dihydropyridines is 1. The van der Waals surface area contributed by atoms with Crippen LogP contribution in [-0.2, 0) is 26.1 Å². The number of nitrogens with one attached hydrogen (secondary N) is 1. The van der Waals surface area contributed by atoms with E-state index < -0.39 is 17.9 Å². The average Bonchev–Trinajstić information content (AvgIpc) is 2.53. The van der Waals surface area contributed by atoms with Crippen molar-refractivity contribution in [3.8, 4) is 0 Å². The Hall–Kier alpha value is -1.90. The molecule has 2 rings (SSSR count). The first-order chi connectivity index (χ1) is 10.9. The van der Waals surface area contributed by atoms with Crippen molar-refractivity contribution in [1.29, 1.82) is 0 Å². The van der Waals surface area contributed by atoms with Gasteiger partial charge in [0.2, 0.25) is 0 Å². The molecule has 1 aliphatic heterocycles. The van der Waals surface area contributed by atoms with Crippen molar-refractivity contribution in [1.82, 2.24) is 5.32 Å². The molecule has 1 aliphatic rings. The Balaban J connectivity index is 0.00000288. The smallest absolute Gasteiger partial charge is 0.336 e. The normalized spacial score (nSPS) is 14.7. The van der Waals surface area contributed by atoms with E-state index in [4.69, 9.17) is 9.47 Å². The van der Waals surface area contributed by atoms with Crippen LogP contribution in [0.2, 0.25) is 0 Å². The fourth-order valence-corrected chi connectivity index (χ4v) is 2.89. The molecule has 0 saturated heterocycles. The summed E-state index contributed by atoms with van der Waals surface area (Å²) in [6.45, 7) is 3.58. The fraction of sp³-hybridized carbons (Fsp3) is 0.353. The maximum absolute atomic E-state index is 12.3. The van der Waals surface area contributed by atoms with Gasteiger partial charge in [0.15, 0.2) is 11.9 Å². The number of pyridine rings is 1. The van der Waals surface area contributed by atoms with Crippen LogP contribution in [0.25, 0.3) is 0 Å². The molecular weight excluding hydrogens is 423 g/mol. The number of carbonyl (C=O) groups excluding carboxylic acids is 2. The van der Waals surface area contributed by atoms with E-state index >= 15 is 0 Å². The van der Waals surface area contributed by atoms with Crippen LogP contribution < -0.4 is 33.9 Å². The van der Waals surface area contributed by atoms with Crippen molar-refractivity contribution in [2.24, 2.45) is 7.05 Å². The van der Waals surface area contributed by atoms with Gasteiger partial charge in [0.25, 0.3) is 0 Å². The Morgan fingerprint density at radius 1 is 1.04 bits per heavy atom. The lowest BCUT2D eigenvalue weighted by Gasteiger charge is -2.28. The van der Waals surface area contributed by atoms with Crippen LogP contribution in [0, 0.1) is 0 Å². The Kier molecular flexibility index (Phi) is 6.94. The van der Waals surface area contributed by atoms with Gasteiger partial charge in [-0.05, 0) is 13.8 Å². The zero-order valence-corrected chi connectivity index (χ0v) is 16.5. The highest BCUT2D eigenvalue weighted by Crippen LogP contribution is 2.37. The number of ether oxygens (including phenoxy) is 2. The second-order valence-corrected chi connectivity index (χ2v) is 5.35. The molecule has 2 heterocycles. The minimum absolute atomic E-state index is 0. The molecule has 0 aliphatic carbocycles. The van der Waals surface area contributed by atoms with E-state index in [1.165, 1.54) is 14.2 Å². The van der Waals surface area contributed by atoms with Crippen molar-refractivity contribution in [2.75, 3.05) is 14.2 Å². The van der Waals surface area contributed by atoms with Crippen LogP contribution in [0.5, 0.6) is 0 Å². The lowest BCUT2D eigenvalue weighted by Crippen LogP contribution is -3.00. The summed E-state index contributed by atoms with van der Waals surface area (Å²) in [5.74, 6) is -1.50. The lowest BCUT2D eigenvalue weighted by molar-refractivity contribution is -0.679. The quantitative estimate of drug-likeness (QED) is 0.335. The van der Waals surface area contributed by atoms with E-state index in [-0.39, 0.29) is 24.0 Å². The molecule has 24 heavy (non-hydrogen) atoms. The number of hydrogen-bond donors (Lipinski definition) is 1. The summed E-state index contributed by atoms with van der Waals surface area (Å²) < 4.78 is 11.7. The predicted octanol–water partition coefficient (Wildman–Crippen LogP) is -1.90. The van der Waals surface area contributed by atoms with Gasteiger partial charge in [-0.3, -0.25) is 0 Å². The van der Waals surface area contributed by atoms with Crippen LogP contribution in [0.1, 0.15) is 25.5 Å². The van der Waals surface area contributed by atoms with E-state index in [0.717, 1.165) is 5.69 Å². The predicted molar refractivity (Wildman–Crippen MR) is 82.9 cm³/mol. The van der Waals surface area contributed by atoms with E-state index in [0.29, 0.717) is 22.5 Å². The Morgan fingerprint density at radius 2 is 1.54 bits per heavy atom. The number of hydrogen-bond acceptors (Lipinski definition) is 5. The molecule has 0 bridgehead atoms. The number of esters is 2. The third-order valence-corrected chi connectivity index (χ3v) is 3.96. The zero-order valence-electron chi connectivity index (χ0n) is 14.3. The fourth-order valence-electron chi connectivity index (χ4n) is 2.89. The molecule has 0 amide bonds. The van der Waals surface area contributed by atoms with Gasteiger partial charge in [-0.2, -0.15) is 0 Å². The van der Waals surface area contributed by atoms with Crippen molar-refractivity contribution >= 4 is 11.9 Å². The molecule has 7 heteroatoms. The van der Waals surface area contributed by atoms with Crippen LogP contribution in [0.4, 0.5) is 0 Å². The molecular formula is C17H21IN2O4. The topological polar surface area (TPSA) is 68.5 Å². The van der Waals surface area contributed by atoms with Crippen LogP contribution in [0.3, 0.4) is 0 Å². The number of allylic oxidation sites excluding steroid dienone is 2. The zero-order chi connectivity index (χ0) is 17.1. The standard InChI is InChI=1S/C17H20N2O4.HI/c1-10-13(16(20)22-4)15(12-8-6-7-9-19(12)3)14(11(2)18-10)17(21)23-5;/h6-9,15H,1-5H3;1H. The summed E-state index contributed by atoms with van der Waals surface area (Å²) in [6, 6.07) is 5.63.